The van der Waals surface area contributed by atoms with E-state index >= 15 is 0 Å². The maximum absolute atomic E-state index is 10.5. The van der Waals surface area contributed by atoms with Crippen LogP contribution in [-0.4, -0.2) is 105 Å². The third-order valence-corrected chi connectivity index (χ3v) is 12.5. The number of carbonyl (C=O) groups is 1. The number of aliphatic imine (C=N–C) groups is 3. The van der Waals surface area contributed by atoms with Crippen molar-refractivity contribution < 1.29 is 35.4 Å². The van der Waals surface area contributed by atoms with Crippen LogP contribution in [0.1, 0.15) is 158 Å². The molecular formula is C55H77Cl2N9O7. The Bertz CT molecular complexity index is 2490. The average molecular weight is 1050 g/mol. The number of carbonyl (C=O) groups excluding carboxylic acids is 1. The Hall–Kier alpha value is -5.88. The Morgan fingerprint density at radius 3 is 1.32 bits per heavy atom. The van der Waals surface area contributed by atoms with Crippen LogP contribution in [-0.2, 0) is 25.6 Å². The first-order valence-corrected chi connectivity index (χ1v) is 24.5. The van der Waals surface area contributed by atoms with Gasteiger partial charge in [0.25, 0.3) is 0 Å². The lowest BCUT2D eigenvalue weighted by Gasteiger charge is -2.22. The van der Waals surface area contributed by atoms with Crippen LogP contribution in [0.3, 0.4) is 0 Å². The molecule has 0 radical (unpaired) electrons. The maximum atomic E-state index is 10.5. The predicted molar refractivity (Wildman–Crippen MR) is 296 cm³/mol. The highest BCUT2D eigenvalue weighted by Gasteiger charge is 2.21. The zero-order valence-corrected chi connectivity index (χ0v) is 42.8. The summed E-state index contributed by atoms with van der Waals surface area (Å²) in [5, 5.41) is 60.8. The summed E-state index contributed by atoms with van der Waals surface area (Å²) in [7, 11) is 0. The predicted octanol–water partition coefficient (Wildman–Crippen LogP) is 10.3. The van der Waals surface area contributed by atoms with E-state index in [0.29, 0.717) is 63.8 Å². The number of aliphatic hydroxyl groups excluding tert-OH is 2. The number of allylic oxidation sites excluding steroid dienone is 3. The van der Waals surface area contributed by atoms with E-state index in [4.69, 9.17) is 21.8 Å². The summed E-state index contributed by atoms with van der Waals surface area (Å²) < 4.78 is 0. The molecule has 9 rings (SSSR count). The summed E-state index contributed by atoms with van der Waals surface area (Å²) in [6, 6.07) is 0. The first-order chi connectivity index (χ1) is 33.9. The quantitative estimate of drug-likeness (QED) is 0.0469. The number of alkyl halides is 1. The van der Waals surface area contributed by atoms with E-state index in [1.165, 1.54) is 70.7 Å². The highest BCUT2D eigenvalue weighted by molar-refractivity contribution is 6.18. The van der Waals surface area contributed by atoms with Gasteiger partial charge in [-0.05, 0) is 90.7 Å². The van der Waals surface area contributed by atoms with Crippen molar-refractivity contribution in [2.24, 2.45) is 15.0 Å². The number of nitrogens with zero attached hydrogens (tertiary/aromatic N) is 8. The lowest BCUT2D eigenvalue weighted by molar-refractivity contribution is 0.111. The van der Waals surface area contributed by atoms with E-state index in [0.717, 1.165) is 71.9 Å². The molecule has 73 heavy (non-hydrogen) atoms. The van der Waals surface area contributed by atoms with Crippen LogP contribution in [0.5, 0.6) is 23.0 Å². The number of nitrogens with one attached hydrogen (secondary N) is 1. The van der Waals surface area contributed by atoms with Crippen molar-refractivity contribution in [1.29, 1.82) is 0 Å². The summed E-state index contributed by atoms with van der Waals surface area (Å²) in [4.78, 5) is 41.9. The van der Waals surface area contributed by atoms with Gasteiger partial charge >= 0.3 is 0 Å². The van der Waals surface area contributed by atoms with Crippen molar-refractivity contribution in [3.05, 3.63) is 129 Å². The summed E-state index contributed by atoms with van der Waals surface area (Å²) >= 11 is 5.81. The van der Waals surface area contributed by atoms with Crippen molar-refractivity contribution in [2.45, 2.75) is 139 Å². The Morgan fingerprint density at radius 2 is 0.918 bits per heavy atom. The highest BCUT2D eigenvalue weighted by atomic mass is 35.5. The molecule has 0 aromatic carbocycles. The van der Waals surface area contributed by atoms with Crippen LogP contribution in [0.2, 0.25) is 0 Å². The molecule has 5 aliphatic rings. The molecule has 398 valence electrons. The molecule has 0 aliphatic carbocycles. The van der Waals surface area contributed by atoms with Gasteiger partial charge in [0.05, 0.1) is 58.7 Å². The molecule has 5 aliphatic heterocycles. The number of aromatic hydroxyl groups is 4. The minimum absolute atomic E-state index is 0. The molecule has 9 heterocycles. The van der Waals surface area contributed by atoms with Crippen LogP contribution in [0, 0.1) is 27.7 Å². The van der Waals surface area contributed by atoms with E-state index in [9.17, 15) is 25.2 Å². The number of hydrogen-bond acceptors (Lipinski definition) is 16. The van der Waals surface area contributed by atoms with Gasteiger partial charge in [0.2, 0.25) is 0 Å². The van der Waals surface area contributed by atoms with Gasteiger partial charge in [-0.2, -0.15) is 0 Å². The number of likely N-dealkylation sites (tertiary alicyclic amines) is 1. The largest absolute Gasteiger partial charge is 0.505 e. The molecule has 0 saturated carbocycles. The zero-order valence-electron chi connectivity index (χ0n) is 41.2. The fourth-order valence-electron chi connectivity index (χ4n) is 8.21. The van der Waals surface area contributed by atoms with Crippen molar-refractivity contribution in [1.82, 2.24) is 30.2 Å². The van der Waals surface area contributed by atoms with Crippen molar-refractivity contribution >= 4 is 47.4 Å². The van der Waals surface area contributed by atoms with Gasteiger partial charge in [-0.3, -0.25) is 44.6 Å². The number of rotatable bonds is 9. The molecular weight excluding hydrogens is 973 g/mol. The third-order valence-electron chi connectivity index (χ3n) is 12.3. The third kappa shape index (κ3) is 17.9. The number of hydrogen-bond donors (Lipinski definition) is 7. The number of aryl methyl sites for hydroxylation is 4. The minimum atomic E-state index is -0.297. The second kappa shape index (κ2) is 33.0. The van der Waals surface area contributed by atoms with Gasteiger partial charge in [-0.15, -0.1) is 24.0 Å². The van der Waals surface area contributed by atoms with Crippen molar-refractivity contribution in [3.8, 4) is 23.0 Å². The Morgan fingerprint density at radius 1 is 0.548 bits per heavy atom. The van der Waals surface area contributed by atoms with Crippen LogP contribution in [0.4, 0.5) is 0 Å². The number of aldehydes is 1. The Kier molecular flexibility index (Phi) is 28.6. The summed E-state index contributed by atoms with van der Waals surface area (Å²) in [6.07, 6.45) is 31.3. The molecule has 4 aromatic rings. The Balaban J connectivity index is 0.000000320. The fourth-order valence-corrected chi connectivity index (χ4v) is 8.41. The summed E-state index contributed by atoms with van der Waals surface area (Å²) in [5.74, 6) is 0.774. The molecule has 4 aromatic heterocycles. The van der Waals surface area contributed by atoms with Crippen molar-refractivity contribution in [2.75, 3.05) is 26.2 Å². The zero-order chi connectivity index (χ0) is 50.4. The highest BCUT2D eigenvalue weighted by Crippen LogP contribution is 2.31. The number of aromatic nitrogens is 4. The van der Waals surface area contributed by atoms with Crippen molar-refractivity contribution in [3.63, 3.8) is 0 Å². The number of aliphatic hydroxyl groups is 2. The van der Waals surface area contributed by atoms with Crippen LogP contribution in [0.15, 0.2) is 76.6 Å². The topological polar surface area (TPSA) is 242 Å². The molecule has 0 amide bonds. The summed E-state index contributed by atoms with van der Waals surface area (Å²) in [5.41, 5.74) is 10.1. The van der Waals surface area contributed by atoms with E-state index in [2.05, 4.69) is 45.1 Å². The average Bonchev–Trinajstić information content (AvgIpc) is 4.14. The van der Waals surface area contributed by atoms with Gasteiger partial charge in [0, 0.05) is 103 Å². The van der Waals surface area contributed by atoms with Crippen LogP contribution < -0.4 is 5.32 Å². The molecule has 0 atom stereocenters. The Labute approximate surface area is 443 Å². The second-order valence-corrected chi connectivity index (χ2v) is 17.6. The molecule has 0 bridgehead atoms. The first-order valence-electron chi connectivity index (χ1n) is 24.0. The molecule has 16 nitrogen and oxygen atoms in total. The molecule has 0 unspecified atom stereocenters. The van der Waals surface area contributed by atoms with E-state index in [-0.39, 0.29) is 63.3 Å². The van der Waals surface area contributed by atoms with E-state index in [1.54, 1.807) is 45.6 Å². The van der Waals surface area contributed by atoms with Gasteiger partial charge < -0.3 is 36.0 Å². The van der Waals surface area contributed by atoms with Crippen LogP contribution in [0.25, 0.3) is 0 Å². The minimum Gasteiger partial charge on any atom is -0.505 e. The second-order valence-electron chi connectivity index (χ2n) is 17.3. The van der Waals surface area contributed by atoms with Crippen LogP contribution >= 0.6 is 24.0 Å². The normalized spacial score (nSPS) is 15.5. The van der Waals surface area contributed by atoms with E-state index in [1.807, 2.05) is 37.5 Å². The number of pyridine rings is 4. The van der Waals surface area contributed by atoms with E-state index < -0.39 is 0 Å². The maximum Gasteiger partial charge on any atom is 0.154 e. The molecule has 7 N–H and O–H groups in total. The fraction of sp³-hybridized carbons (Fsp3) is 0.455. The molecule has 18 heteroatoms. The van der Waals surface area contributed by atoms with Gasteiger partial charge in [-0.25, -0.2) is 0 Å². The monoisotopic (exact) mass is 1050 g/mol. The van der Waals surface area contributed by atoms with Gasteiger partial charge in [0.15, 0.2) is 6.29 Å². The summed E-state index contributed by atoms with van der Waals surface area (Å²) in [6.45, 7) is 12.1. The molecule has 2 fully saturated rings. The SMILES string of the molecule is C.C.C1CCCNCC1.Cc1ncc(CCl)c(C2=[15N]C=CC2)c1O.Cc1ncc(CN2CCCCCC2)c(C2=[15N]C=CC2)c1O.Cc1ncc(CO)c(C2=[15N]C=CC2)c1O.Cc1ncc(CO)c(C=O)c1O.Cl. The van der Waals surface area contributed by atoms with Gasteiger partial charge in [0.1, 0.15) is 23.0 Å². The molecule has 0 spiro atoms. The molecule has 2 saturated heterocycles. The lowest BCUT2D eigenvalue weighted by Crippen LogP contribution is -2.25. The standard InChI is InChI=1S/C17H23N3O.C11H11ClN2O.C11H12N2O2.C8H9NO3.C6H13N.2CH4.ClH/c1-13-17(21)16(15-7-6-8-18-15)14(11-19-13)12-20-9-4-2-3-5-10-20;1-7-11(15)10(8(5-12)6-14-7)9-3-2-4-13-9;1-7-11(15)10(8(6-14)5-13-7)9-3-2-4-12-9;1-5-8(12)7(4-11)6(3-10)2-9-5;1-2-4-6-7-5-3-1;;;/h6,8,11,21H,2-5,7,9-10,12H2,1H3;2,4,6,15H,3,5H2,1H3;2,4-5,14-15H,3,6H2,1H3;2,4,10,12H,3H2,1H3;7H,1-6H2;2*1H4;1H/i18+1;13+1;12+1;;;;;. The number of halogens is 2. The van der Waals surface area contributed by atoms with Gasteiger partial charge in [-0.1, -0.05) is 58.8 Å². The smallest absolute Gasteiger partial charge is 0.154 e. The first kappa shape index (κ1) is 63.2. The lowest BCUT2D eigenvalue weighted by atomic mass is 10.0.